The lowest BCUT2D eigenvalue weighted by Crippen LogP contribution is -2.56. The predicted octanol–water partition coefficient (Wildman–Crippen LogP) is 0.861. The molecule has 1 heterocycles. The number of methoxy groups -OCH3 is 1. The second-order valence-electron chi connectivity index (χ2n) is 2.98. The minimum absolute atomic E-state index is 0.0347. The maximum atomic E-state index is 11.4. The molecule has 70 valence electrons. The van der Waals surface area contributed by atoms with Gasteiger partial charge in [0.05, 0.1) is 6.10 Å². The van der Waals surface area contributed by atoms with Gasteiger partial charge in [0.15, 0.2) is 0 Å². The summed E-state index contributed by atoms with van der Waals surface area (Å²) >= 11 is 5.78. The Morgan fingerprint density at radius 3 is 2.75 bits per heavy atom. The van der Waals surface area contributed by atoms with Gasteiger partial charge in [0, 0.05) is 20.2 Å². The predicted molar refractivity (Wildman–Crippen MR) is 47.3 cm³/mol. The van der Waals surface area contributed by atoms with Gasteiger partial charge in [0.1, 0.15) is 5.38 Å². The van der Waals surface area contributed by atoms with E-state index >= 15 is 0 Å². The van der Waals surface area contributed by atoms with E-state index in [-0.39, 0.29) is 17.4 Å². The van der Waals surface area contributed by atoms with Gasteiger partial charge < -0.3 is 9.64 Å². The number of halogens is 1. The SMILES string of the molecule is CC[C@@H](Cl)C(=O)N1CC(OC)C1. The molecule has 1 rings (SSSR count). The van der Waals surface area contributed by atoms with Gasteiger partial charge in [-0.15, -0.1) is 11.6 Å². The molecule has 1 fully saturated rings. The number of rotatable bonds is 3. The highest BCUT2D eigenvalue weighted by molar-refractivity contribution is 6.30. The molecule has 12 heavy (non-hydrogen) atoms. The van der Waals surface area contributed by atoms with E-state index in [2.05, 4.69) is 0 Å². The first kappa shape index (κ1) is 9.81. The first-order valence-corrected chi connectivity index (χ1v) is 4.58. The van der Waals surface area contributed by atoms with Crippen LogP contribution in [0.4, 0.5) is 0 Å². The van der Waals surface area contributed by atoms with Crippen LogP contribution in [0.25, 0.3) is 0 Å². The van der Waals surface area contributed by atoms with Gasteiger partial charge in [0.2, 0.25) is 5.91 Å². The van der Waals surface area contributed by atoms with Crippen molar-refractivity contribution in [2.45, 2.75) is 24.8 Å². The number of amides is 1. The van der Waals surface area contributed by atoms with Crippen molar-refractivity contribution in [3.05, 3.63) is 0 Å². The van der Waals surface area contributed by atoms with Crippen LogP contribution >= 0.6 is 11.6 Å². The number of ether oxygens (including phenoxy) is 1. The molecular weight excluding hydrogens is 178 g/mol. The van der Waals surface area contributed by atoms with E-state index in [4.69, 9.17) is 16.3 Å². The maximum absolute atomic E-state index is 11.4. The van der Waals surface area contributed by atoms with Crippen molar-refractivity contribution < 1.29 is 9.53 Å². The molecule has 4 heteroatoms. The summed E-state index contributed by atoms with van der Waals surface area (Å²) in [5.74, 6) is 0.0347. The van der Waals surface area contributed by atoms with Gasteiger partial charge in [-0.1, -0.05) is 6.92 Å². The summed E-state index contributed by atoms with van der Waals surface area (Å²) in [7, 11) is 1.66. The molecule has 0 spiro atoms. The number of hydrogen-bond acceptors (Lipinski definition) is 2. The van der Waals surface area contributed by atoms with E-state index in [1.807, 2.05) is 6.92 Å². The number of carbonyl (C=O) groups is 1. The molecule has 0 N–H and O–H groups in total. The zero-order chi connectivity index (χ0) is 9.14. The van der Waals surface area contributed by atoms with Crippen LogP contribution in [-0.4, -0.2) is 42.5 Å². The minimum Gasteiger partial charge on any atom is -0.378 e. The summed E-state index contributed by atoms with van der Waals surface area (Å²) < 4.78 is 5.04. The minimum atomic E-state index is -0.359. The molecule has 1 aliphatic heterocycles. The molecule has 0 aromatic rings. The molecule has 1 atom stereocenters. The van der Waals surface area contributed by atoms with Gasteiger partial charge in [-0.05, 0) is 6.42 Å². The van der Waals surface area contributed by atoms with Crippen molar-refractivity contribution in [2.75, 3.05) is 20.2 Å². The van der Waals surface area contributed by atoms with E-state index in [1.165, 1.54) is 0 Å². The number of carbonyl (C=O) groups excluding carboxylic acids is 1. The lowest BCUT2D eigenvalue weighted by molar-refractivity contribution is -0.142. The first-order chi connectivity index (χ1) is 5.69. The van der Waals surface area contributed by atoms with Crippen LogP contribution < -0.4 is 0 Å². The second kappa shape index (κ2) is 4.10. The molecule has 3 nitrogen and oxygen atoms in total. The third kappa shape index (κ3) is 1.90. The Kier molecular flexibility index (Phi) is 3.35. The van der Waals surface area contributed by atoms with Gasteiger partial charge in [-0.3, -0.25) is 4.79 Å². The molecule has 1 saturated heterocycles. The molecule has 1 aliphatic rings. The Morgan fingerprint density at radius 1 is 1.75 bits per heavy atom. The van der Waals surface area contributed by atoms with E-state index in [0.717, 1.165) is 0 Å². The lowest BCUT2D eigenvalue weighted by atomic mass is 10.1. The van der Waals surface area contributed by atoms with Crippen LogP contribution in [-0.2, 0) is 9.53 Å². The van der Waals surface area contributed by atoms with Crippen LogP contribution in [0.2, 0.25) is 0 Å². The summed E-state index contributed by atoms with van der Waals surface area (Å²) in [6, 6.07) is 0. The van der Waals surface area contributed by atoms with Crippen LogP contribution in [0, 0.1) is 0 Å². The summed E-state index contributed by atoms with van der Waals surface area (Å²) in [4.78, 5) is 13.1. The Hall–Kier alpha value is -0.280. The fourth-order valence-electron chi connectivity index (χ4n) is 1.14. The fraction of sp³-hybridized carbons (Fsp3) is 0.875. The monoisotopic (exact) mass is 191 g/mol. The molecule has 0 aromatic heterocycles. The van der Waals surface area contributed by atoms with Gasteiger partial charge in [-0.2, -0.15) is 0 Å². The highest BCUT2D eigenvalue weighted by Gasteiger charge is 2.32. The average molecular weight is 192 g/mol. The van der Waals surface area contributed by atoms with Gasteiger partial charge in [0.25, 0.3) is 0 Å². The smallest absolute Gasteiger partial charge is 0.240 e. The van der Waals surface area contributed by atoms with E-state index in [1.54, 1.807) is 12.0 Å². The third-order valence-electron chi connectivity index (χ3n) is 2.12. The van der Waals surface area contributed by atoms with Crippen molar-refractivity contribution in [2.24, 2.45) is 0 Å². The van der Waals surface area contributed by atoms with Crippen LogP contribution in [0.5, 0.6) is 0 Å². The molecule has 0 bridgehead atoms. The summed E-state index contributed by atoms with van der Waals surface area (Å²) in [5, 5.41) is -0.359. The highest BCUT2D eigenvalue weighted by atomic mass is 35.5. The Bertz CT molecular complexity index is 168. The third-order valence-corrected chi connectivity index (χ3v) is 2.61. The van der Waals surface area contributed by atoms with E-state index < -0.39 is 0 Å². The maximum Gasteiger partial charge on any atom is 0.240 e. The van der Waals surface area contributed by atoms with Crippen molar-refractivity contribution in [3.8, 4) is 0 Å². The Labute approximate surface area is 77.6 Å². The summed E-state index contributed by atoms with van der Waals surface area (Å²) in [5.41, 5.74) is 0. The van der Waals surface area contributed by atoms with Gasteiger partial charge in [-0.25, -0.2) is 0 Å². The van der Waals surface area contributed by atoms with E-state index in [9.17, 15) is 4.79 Å². The number of alkyl halides is 1. The fourth-order valence-corrected chi connectivity index (χ4v) is 1.28. The Morgan fingerprint density at radius 2 is 2.33 bits per heavy atom. The molecule has 0 aliphatic carbocycles. The van der Waals surface area contributed by atoms with Crippen LogP contribution in [0.3, 0.4) is 0 Å². The van der Waals surface area contributed by atoms with Crippen molar-refractivity contribution in [1.29, 1.82) is 0 Å². The summed E-state index contributed by atoms with van der Waals surface area (Å²) in [6.45, 7) is 3.29. The quantitative estimate of drug-likeness (QED) is 0.620. The molecule has 1 amide bonds. The number of hydrogen-bond donors (Lipinski definition) is 0. The lowest BCUT2D eigenvalue weighted by Gasteiger charge is -2.39. The second-order valence-corrected chi connectivity index (χ2v) is 3.50. The van der Waals surface area contributed by atoms with Crippen molar-refractivity contribution >= 4 is 17.5 Å². The zero-order valence-corrected chi connectivity index (χ0v) is 8.17. The Balaban J connectivity index is 2.28. The van der Waals surface area contributed by atoms with Gasteiger partial charge >= 0.3 is 0 Å². The molecule has 0 unspecified atom stereocenters. The number of nitrogens with zero attached hydrogens (tertiary/aromatic N) is 1. The molecule has 0 saturated carbocycles. The molecule has 0 radical (unpaired) electrons. The molecule has 0 aromatic carbocycles. The zero-order valence-electron chi connectivity index (χ0n) is 7.42. The van der Waals surface area contributed by atoms with E-state index in [0.29, 0.717) is 19.5 Å². The van der Waals surface area contributed by atoms with Crippen molar-refractivity contribution in [3.63, 3.8) is 0 Å². The average Bonchev–Trinajstić information content (AvgIpc) is 2.01. The topological polar surface area (TPSA) is 29.5 Å². The highest BCUT2D eigenvalue weighted by Crippen LogP contribution is 2.15. The standard InChI is InChI=1S/C8H14ClNO2/c1-3-7(9)8(11)10-4-6(5-10)12-2/h6-7H,3-5H2,1-2H3/t7-/m1/s1. The number of likely N-dealkylation sites (tertiary alicyclic amines) is 1. The normalized spacial score (nSPS) is 20.4. The largest absolute Gasteiger partial charge is 0.378 e. The first-order valence-electron chi connectivity index (χ1n) is 4.14. The summed E-state index contributed by atoms with van der Waals surface area (Å²) in [6.07, 6.45) is 0.906. The van der Waals surface area contributed by atoms with Crippen molar-refractivity contribution in [1.82, 2.24) is 4.90 Å². The van der Waals surface area contributed by atoms with Crippen LogP contribution in [0.15, 0.2) is 0 Å². The molecular formula is C8H14ClNO2. The van der Waals surface area contributed by atoms with Crippen LogP contribution in [0.1, 0.15) is 13.3 Å².